The van der Waals surface area contributed by atoms with E-state index in [9.17, 15) is 14.9 Å². The molecule has 142 valence electrons. The summed E-state index contributed by atoms with van der Waals surface area (Å²) in [5.41, 5.74) is 1.90. The third kappa shape index (κ3) is 5.21. The van der Waals surface area contributed by atoms with Crippen LogP contribution < -0.4 is 10.2 Å². The number of ether oxygens (including phenoxy) is 1. The van der Waals surface area contributed by atoms with Crippen LogP contribution >= 0.6 is 11.8 Å². The van der Waals surface area contributed by atoms with Crippen LogP contribution in [0.3, 0.4) is 0 Å². The van der Waals surface area contributed by atoms with E-state index in [-0.39, 0.29) is 16.8 Å². The first-order chi connectivity index (χ1) is 13.0. The molecule has 1 N–H and O–H groups in total. The number of morpholine rings is 1. The zero-order chi connectivity index (χ0) is 19.2. The molecule has 2 aromatic rings. The van der Waals surface area contributed by atoms with Crippen LogP contribution in [0.4, 0.5) is 17.1 Å². The van der Waals surface area contributed by atoms with E-state index in [1.54, 1.807) is 12.1 Å². The fraction of sp³-hybridized carbons (Fsp3) is 0.316. The minimum Gasteiger partial charge on any atom is -0.378 e. The van der Waals surface area contributed by atoms with Crippen LogP contribution in [0.5, 0.6) is 0 Å². The summed E-state index contributed by atoms with van der Waals surface area (Å²) < 4.78 is 5.36. The third-order valence-corrected chi connectivity index (χ3v) is 5.35. The van der Waals surface area contributed by atoms with E-state index in [1.807, 2.05) is 31.2 Å². The van der Waals surface area contributed by atoms with Crippen LogP contribution in [0.15, 0.2) is 53.4 Å². The van der Waals surface area contributed by atoms with E-state index in [1.165, 1.54) is 23.9 Å². The van der Waals surface area contributed by atoms with Gasteiger partial charge >= 0.3 is 0 Å². The van der Waals surface area contributed by atoms with Crippen LogP contribution in [-0.4, -0.2) is 42.4 Å². The zero-order valence-electron chi connectivity index (χ0n) is 15.0. The first-order valence-electron chi connectivity index (χ1n) is 8.67. The number of nitro groups is 1. The molecule has 0 aliphatic carbocycles. The van der Waals surface area contributed by atoms with Gasteiger partial charge in [0.05, 0.1) is 23.4 Å². The van der Waals surface area contributed by atoms with Crippen molar-refractivity contribution in [3.05, 3.63) is 58.6 Å². The standard InChI is InChI=1S/C19H21N3O4S/c1-14(27-18-8-6-17(7-9-18)22(24)25)19(23)20-15-2-4-16(5-3-15)21-10-12-26-13-11-21/h2-9,14H,10-13H2,1H3,(H,20,23). The highest BCUT2D eigenvalue weighted by Gasteiger charge is 2.16. The molecule has 27 heavy (non-hydrogen) atoms. The summed E-state index contributed by atoms with van der Waals surface area (Å²) in [6.07, 6.45) is 0. The molecule has 1 amide bonds. The lowest BCUT2D eigenvalue weighted by molar-refractivity contribution is -0.384. The molecule has 0 aromatic heterocycles. The zero-order valence-corrected chi connectivity index (χ0v) is 15.8. The van der Waals surface area contributed by atoms with Gasteiger partial charge in [0, 0.05) is 41.5 Å². The molecule has 1 saturated heterocycles. The lowest BCUT2D eigenvalue weighted by atomic mass is 10.2. The highest BCUT2D eigenvalue weighted by molar-refractivity contribution is 8.00. The van der Waals surface area contributed by atoms with Crippen molar-refractivity contribution in [3.63, 3.8) is 0 Å². The van der Waals surface area contributed by atoms with Crippen LogP contribution in [0.2, 0.25) is 0 Å². The molecule has 1 heterocycles. The second-order valence-corrected chi connectivity index (χ2v) is 7.56. The van der Waals surface area contributed by atoms with Gasteiger partial charge in [-0.2, -0.15) is 0 Å². The number of nitrogens with zero attached hydrogens (tertiary/aromatic N) is 2. The van der Waals surface area contributed by atoms with E-state index >= 15 is 0 Å². The Bertz CT molecular complexity index is 790. The van der Waals surface area contributed by atoms with Gasteiger partial charge in [0.25, 0.3) is 5.69 Å². The maximum Gasteiger partial charge on any atom is 0.269 e. The van der Waals surface area contributed by atoms with E-state index in [0.717, 1.165) is 42.6 Å². The third-order valence-electron chi connectivity index (χ3n) is 4.24. The minimum absolute atomic E-state index is 0.0387. The summed E-state index contributed by atoms with van der Waals surface area (Å²) in [5, 5.41) is 13.3. The van der Waals surface area contributed by atoms with Crippen LogP contribution in [0.1, 0.15) is 6.92 Å². The molecule has 0 radical (unpaired) electrons. The van der Waals surface area contributed by atoms with Gasteiger partial charge in [-0.25, -0.2) is 0 Å². The Morgan fingerprint density at radius 3 is 2.37 bits per heavy atom. The van der Waals surface area contributed by atoms with E-state index in [2.05, 4.69) is 10.2 Å². The van der Waals surface area contributed by atoms with E-state index in [4.69, 9.17) is 4.74 Å². The Balaban J connectivity index is 1.55. The molecule has 1 fully saturated rings. The number of carbonyl (C=O) groups is 1. The van der Waals surface area contributed by atoms with Gasteiger partial charge in [-0.15, -0.1) is 11.8 Å². The molecule has 0 spiro atoms. The summed E-state index contributed by atoms with van der Waals surface area (Å²) in [6, 6.07) is 14.0. The Kier molecular flexibility index (Phi) is 6.31. The molecule has 3 rings (SSSR count). The first-order valence-corrected chi connectivity index (χ1v) is 9.55. The normalized spacial score (nSPS) is 15.2. The van der Waals surface area contributed by atoms with Crippen molar-refractivity contribution in [3.8, 4) is 0 Å². The molecular weight excluding hydrogens is 366 g/mol. The fourth-order valence-electron chi connectivity index (χ4n) is 2.73. The highest BCUT2D eigenvalue weighted by atomic mass is 32.2. The van der Waals surface area contributed by atoms with Gasteiger partial charge in [-0.3, -0.25) is 14.9 Å². The van der Waals surface area contributed by atoms with Crippen LogP contribution in [0.25, 0.3) is 0 Å². The van der Waals surface area contributed by atoms with Gasteiger partial charge < -0.3 is 15.0 Å². The first kappa shape index (κ1) is 19.2. The molecular formula is C19H21N3O4S. The summed E-state index contributed by atoms with van der Waals surface area (Å²) in [6.45, 7) is 5.01. The number of thioether (sulfide) groups is 1. The van der Waals surface area contributed by atoms with Crippen molar-refractivity contribution >= 4 is 34.7 Å². The number of nitro benzene ring substituents is 1. The molecule has 7 nitrogen and oxygen atoms in total. The van der Waals surface area contributed by atoms with Crippen LogP contribution in [0, 0.1) is 10.1 Å². The van der Waals surface area contributed by atoms with Gasteiger partial charge in [0.1, 0.15) is 0 Å². The van der Waals surface area contributed by atoms with Crippen molar-refractivity contribution in [2.24, 2.45) is 0 Å². The number of amides is 1. The van der Waals surface area contributed by atoms with Gasteiger partial charge in [-0.05, 0) is 43.3 Å². The van der Waals surface area contributed by atoms with Crippen molar-refractivity contribution in [1.29, 1.82) is 0 Å². The predicted octanol–water partition coefficient (Wildman–Crippen LogP) is 3.55. The molecule has 0 saturated carbocycles. The maximum atomic E-state index is 12.4. The van der Waals surface area contributed by atoms with Crippen LogP contribution in [-0.2, 0) is 9.53 Å². The maximum absolute atomic E-state index is 12.4. The number of carbonyl (C=O) groups excluding carboxylic acids is 1. The Morgan fingerprint density at radius 2 is 1.78 bits per heavy atom. The number of non-ortho nitro benzene ring substituents is 1. The predicted molar refractivity (Wildman–Crippen MR) is 107 cm³/mol. The number of nitrogens with one attached hydrogen (secondary N) is 1. The summed E-state index contributed by atoms with van der Waals surface area (Å²) in [5.74, 6) is -0.113. The Morgan fingerprint density at radius 1 is 1.15 bits per heavy atom. The number of hydrogen-bond donors (Lipinski definition) is 1. The summed E-state index contributed by atoms with van der Waals surface area (Å²) in [4.78, 5) is 25.7. The smallest absolute Gasteiger partial charge is 0.269 e. The number of anilines is 2. The second kappa shape index (κ2) is 8.88. The van der Waals surface area contributed by atoms with Crippen molar-refractivity contribution in [2.45, 2.75) is 17.1 Å². The molecule has 1 aliphatic heterocycles. The number of hydrogen-bond acceptors (Lipinski definition) is 6. The molecule has 1 unspecified atom stereocenters. The molecule has 2 aromatic carbocycles. The van der Waals surface area contributed by atoms with Crippen molar-refractivity contribution in [2.75, 3.05) is 36.5 Å². The average molecular weight is 387 g/mol. The topological polar surface area (TPSA) is 84.7 Å². The average Bonchev–Trinajstić information content (AvgIpc) is 2.69. The molecule has 0 bridgehead atoms. The quantitative estimate of drug-likeness (QED) is 0.464. The van der Waals surface area contributed by atoms with E-state index < -0.39 is 4.92 Å². The summed E-state index contributed by atoms with van der Waals surface area (Å²) in [7, 11) is 0. The molecule has 8 heteroatoms. The lowest BCUT2D eigenvalue weighted by Crippen LogP contribution is -2.36. The number of rotatable bonds is 6. The van der Waals surface area contributed by atoms with Gasteiger partial charge in [-0.1, -0.05) is 0 Å². The van der Waals surface area contributed by atoms with Gasteiger partial charge in [0.2, 0.25) is 5.91 Å². The monoisotopic (exact) mass is 387 g/mol. The SMILES string of the molecule is CC(Sc1ccc([N+](=O)[O-])cc1)C(=O)Nc1ccc(N2CCOCC2)cc1. The molecule has 1 atom stereocenters. The Hall–Kier alpha value is -2.58. The van der Waals surface area contributed by atoms with Crippen molar-refractivity contribution in [1.82, 2.24) is 0 Å². The Labute approximate surface area is 161 Å². The fourth-order valence-corrected chi connectivity index (χ4v) is 3.59. The molecule has 1 aliphatic rings. The van der Waals surface area contributed by atoms with E-state index in [0.29, 0.717) is 0 Å². The van der Waals surface area contributed by atoms with Gasteiger partial charge in [0.15, 0.2) is 0 Å². The summed E-state index contributed by atoms with van der Waals surface area (Å²) >= 11 is 1.36. The minimum atomic E-state index is -0.439. The lowest BCUT2D eigenvalue weighted by Gasteiger charge is -2.28. The highest BCUT2D eigenvalue weighted by Crippen LogP contribution is 2.26. The second-order valence-electron chi connectivity index (χ2n) is 6.15. The van der Waals surface area contributed by atoms with Crippen molar-refractivity contribution < 1.29 is 14.5 Å². The number of benzene rings is 2. The largest absolute Gasteiger partial charge is 0.378 e.